The first kappa shape index (κ1) is 35.8. The normalized spacial score (nSPS) is 21.0. The summed E-state index contributed by atoms with van der Waals surface area (Å²) in [5.74, 6) is -0.161. The van der Waals surface area contributed by atoms with Crippen LogP contribution in [0.3, 0.4) is 0 Å². The molecule has 0 spiro atoms. The molecular weight excluding hydrogens is 638 g/mol. The van der Waals surface area contributed by atoms with Crippen molar-refractivity contribution in [3.8, 4) is 5.75 Å². The molecule has 5 rings (SSSR count). The van der Waals surface area contributed by atoms with Crippen LogP contribution in [-0.2, 0) is 29.0 Å². The van der Waals surface area contributed by atoms with Crippen molar-refractivity contribution >= 4 is 21.9 Å². The molecule has 12 nitrogen and oxygen atoms in total. The highest BCUT2D eigenvalue weighted by atomic mass is 32.2. The molecule has 0 bridgehead atoms. The van der Waals surface area contributed by atoms with Crippen molar-refractivity contribution in [2.75, 3.05) is 66.7 Å². The Morgan fingerprint density at radius 3 is 2.25 bits per heavy atom. The molecule has 3 aliphatic rings. The van der Waals surface area contributed by atoms with Gasteiger partial charge in [-0.05, 0) is 86.8 Å². The van der Waals surface area contributed by atoms with E-state index in [0.29, 0.717) is 36.9 Å². The summed E-state index contributed by atoms with van der Waals surface area (Å²) >= 11 is 0. The topological polar surface area (TPSA) is 135 Å². The Bertz CT molecular complexity index is 1500. The quantitative estimate of drug-likeness (QED) is 0.313. The van der Waals surface area contributed by atoms with E-state index < -0.39 is 22.3 Å². The molecule has 3 heterocycles. The van der Waals surface area contributed by atoms with Crippen LogP contribution in [0.5, 0.6) is 5.75 Å². The molecule has 48 heavy (non-hydrogen) atoms. The van der Waals surface area contributed by atoms with Gasteiger partial charge >= 0.3 is 5.97 Å². The van der Waals surface area contributed by atoms with E-state index in [1.165, 1.54) is 45.6 Å². The molecule has 262 valence electrons. The average Bonchev–Trinajstić information content (AvgIpc) is 3.14. The van der Waals surface area contributed by atoms with E-state index in [4.69, 9.17) is 18.9 Å². The van der Waals surface area contributed by atoms with Crippen LogP contribution in [0.1, 0.15) is 60.4 Å². The predicted octanol–water partition coefficient (Wildman–Crippen LogP) is 3.37. The Morgan fingerprint density at radius 1 is 0.938 bits per heavy atom. The van der Waals surface area contributed by atoms with Crippen LogP contribution < -0.4 is 4.74 Å². The van der Waals surface area contributed by atoms with Gasteiger partial charge in [0.1, 0.15) is 5.75 Å². The lowest BCUT2D eigenvalue weighted by Gasteiger charge is -2.40. The number of allylic oxidation sites excluding steroid dienone is 1. The second-order valence-electron chi connectivity index (χ2n) is 12.3. The SMILES string of the molecule is COC(=O)c1ccc([C@H]2C=C(C(=O)N3CCC(N4CCCCC4)CC3)O[C@@H](OCCN(CCO)S(=O)(=O)c3ccc(OC)cc3)C2)cc1. The van der Waals surface area contributed by atoms with Crippen LogP contribution in [0.4, 0.5) is 0 Å². The van der Waals surface area contributed by atoms with E-state index in [-0.39, 0.29) is 48.8 Å². The third-order valence-corrected chi connectivity index (χ3v) is 11.3. The molecular formula is C35H47N3O9S. The lowest BCUT2D eigenvalue weighted by Crippen LogP contribution is -2.49. The van der Waals surface area contributed by atoms with Crippen LogP contribution in [-0.4, -0.2) is 119 Å². The number of benzene rings is 2. The molecule has 0 radical (unpaired) electrons. The smallest absolute Gasteiger partial charge is 0.337 e. The van der Waals surface area contributed by atoms with Crippen LogP contribution in [0, 0.1) is 0 Å². The number of esters is 1. The summed E-state index contributed by atoms with van der Waals surface area (Å²) in [5, 5.41) is 9.64. The first-order valence-corrected chi connectivity index (χ1v) is 18.1. The Balaban J connectivity index is 1.27. The Hall–Kier alpha value is -3.49. The zero-order valence-corrected chi connectivity index (χ0v) is 28.6. The number of aliphatic hydroxyl groups excluding tert-OH is 1. The van der Waals surface area contributed by atoms with Crippen molar-refractivity contribution in [2.45, 2.75) is 61.7 Å². The fraction of sp³-hybridized carbons (Fsp3) is 0.543. The molecule has 3 aliphatic heterocycles. The lowest BCUT2D eigenvalue weighted by molar-refractivity contribution is -0.153. The third-order valence-electron chi connectivity index (χ3n) is 9.38. The molecule has 0 unspecified atom stereocenters. The highest BCUT2D eigenvalue weighted by Gasteiger charge is 2.34. The number of piperidine rings is 2. The van der Waals surface area contributed by atoms with Gasteiger partial charge in [0.25, 0.3) is 5.91 Å². The standard InChI is InChI=1S/C35H47N3O9S/c1-44-30-10-12-31(13-11-30)48(42,43)38(20-22-39)21-23-46-33-25-28(26-6-8-27(9-7-26)35(41)45-2)24-32(47-33)34(40)37-18-14-29(15-19-37)36-16-4-3-5-17-36/h6-13,24,28-29,33,39H,3-5,14-23,25H2,1-2H3/t28-,33+/m0/s1. The molecule has 2 aromatic carbocycles. The van der Waals surface area contributed by atoms with E-state index in [1.54, 1.807) is 24.3 Å². The highest BCUT2D eigenvalue weighted by molar-refractivity contribution is 7.89. The molecule has 0 saturated carbocycles. The van der Waals surface area contributed by atoms with Crippen LogP contribution in [0.25, 0.3) is 0 Å². The predicted molar refractivity (Wildman–Crippen MR) is 178 cm³/mol. The summed E-state index contributed by atoms with van der Waals surface area (Å²) in [7, 11) is -1.10. The van der Waals surface area contributed by atoms with Crippen molar-refractivity contribution in [3.63, 3.8) is 0 Å². The summed E-state index contributed by atoms with van der Waals surface area (Å²) in [5.41, 5.74) is 1.29. The maximum atomic E-state index is 13.8. The van der Waals surface area contributed by atoms with Gasteiger partial charge < -0.3 is 33.9 Å². The van der Waals surface area contributed by atoms with Gasteiger partial charge in [0.05, 0.1) is 37.9 Å². The number of likely N-dealkylation sites (tertiary alicyclic amines) is 2. The first-order chi connectivity index (χ1) is 23.2. The number of amides is 1. The minimum absolute atomic E-state index is 0.0310. The second-order valence-corrected chi connectivity index (χ2v) is 14.3. The van der Waals surface area contributed by atoms with Crippen LogP contribution in [0.15, 0.2) is 65.3 Å². The number of sulfonamides is 1. The van der Waals surface area contributed by atoms with Crippen molar-refractivity contribution in [1.29, 1.82) is 0 Å². The molecule has 1 N–H and O–H groups in total. The fourth-order valence-electron chi connectivity index (χ4n) is 6.65. The van der Waals surface area contributed by atoms with Crippen molar-refractivity contribution in [1.82, 2.24) is 14.1 Å². The Kier molecular flexibility index (Phi) is 12.5. The second kappa shape index (κ2) is 16.8. The van der Waals surface area contributed by atoms with Gasteiger partial charge in [-0.1, -0.05) is 18.6 Å². The number of carbonyl (C=O) groups is 2. The Morgan fingerprint density at radius 2 is 1.62 bits per heavy atom. The van der Waals surface area contributed by atoms with E-state index in [1.807, 2.05) is 23.1 Å². The molecule has 2 aromatic rings. The summed E-state index contributed by atoms with van der Waals surface area (Å²) in [6, 6.07) is 13.6. The number of hydrogen-bond donors (Lipinski definition) is 1. The van der Waals surface area contributed by atoms with Crippen molar-refractivity contribution in [3.05, 3.63) is 71.5 Å². The van der Waals surface area contributed by atoms with Gasteiger partial charge in [0.15, 0.2) is 5.76 Å². The van der Waals surface area contributed by atoms with Crippen LogP contribution >= 0.6 is 0 Å². The van der Waals surface area contributed by atoms with Gasteiger partial charge in [0, 0.05) is 44.6 Å². The monoisotopic (exact) mass is 685 g/mol. The maximum absolute atomic E-state index is 13.8. The van der Waals surface area contributed by atoms with E-state index in [0.717, 1.165) is 35.8 Å². The van der Waals surface area contributed by atoms with Gasteiger partial charge in [0.2, 0.25) is 16.3 Å². The average molecular weight is 686 g/mol. The summed E-state index contributed by atoms with van der Waals surface area (Å²) < 4.78 is 50.1. The van der Waals surface area contributed by atoms with Crippen molar-refractivity contribution < 1.29 is 42.1 Å². The summed E-state index contributed by atoms with van der Waals surface area (Å²) in [4.78, 5) is 30.3. The molecule has 13 heteroatoms. The zero-order valence-electron chi connectivity index (χ0n) is 27.8. The fourth-order valence-corrected chi connectivity index (χ4v) is 8.06. The van der Waals surface area contributed by atoms with E-state index in [2.05, 4.69) is 4.90 Å². The summed E-state index contributed by atoms with van der Waals surface area (Å²) in [6.07, 6.45) is 6.94. The number of aliphatic hydroxyl groups is 1. The number of rotatable bonds is 13. The number of nitrogens with zero attached hydrogens (tertiary/aromatic N) is 3. The third kappa shape index (κ3) is 8.75. The zero-order chi connectivity index (χ0) is 34.1. The molecule has 1 amide bonds. The summed E-state index contributed by atoms with van der Waals surface area (Å²) in [6.45, 7) is 2.98. The lowest BCUT2D eigenvalue weighted by atomic mass is 9.92. The van der Waals surface area contributed by atoms with Gasteiger partial charge in [-0.2, -0.15) is 4.31 Å². The highest BCUT2D eigenvalue weighted by Crippen LogP contribution is 2.33. The number of methoxy groups -OCH3 is 2. The van der Waals surface area contributed by atoms with E-state index >= 15 is 0 Å². The molecule has 0 aliphatic carbocycles. The van der Waals surface area contributed by atoms with Gasteiger partial charge in [-0.15, -0.1) is 0 Å². The van der Waals surface area contributed by atoms with Crippen molar-refractivity contribution in [2.24, 2.45) is 0 Å². The molecule has 2 saturated heterocycles. The largest absolute Gasteiger partial charge is 0.497 e. The maximum Gasteiger partial charge on any atom is 0.337 e. The van der Waals surface area contributed by atoms with E-state index in [9.17, 15) is 23.1 Å². The molecule has 2 fully saturated rings. The minimum Gasteiger partial charge on any atom is -0.497 e. The molecule has 2 atom stereocenters. The van der Waals surface area contributed by atoms with Gasteiger partial charge in [-0.25, -0.2) is 13.2 Å². The number of ether oxygens (including phenoxy) is 4. The number of carbonyl (C=O) groups excluding carboxylic acids is 2. The Labute approximate surface area is 283 Å². The molecule has 0 aromatic heterocycles. The first-order valence-electron chi connectivity index (χ1n) is 16.7. The van der Waals surface area contributed by atoms with Crippen LogP contribution in [0.2, 0.25) is 0 Å². The van der Waals surface area contributed by atoms with Gasteiger partial charge in [-0.3, -0.25) is 4.79 Å². The minimum atomic E-state index is -3.93. The number of hydrogen-bond acceptors (Lipinski definition) is 10.